The van der Waals surface area contributed by atoms with Crippen LogP contribution in [0.4, 0.5) is 10.1 Å². The normalized spacial score (nSPS) is 14.8. The molecule has 0 atom stereocenters. The number of halogens is 1. The van der Waals surface area contributed by atoms with Crippen LogP contribution in [0, 0.1) is 5.82 Å². The van der Waals surface area contributed by atoms with Crippen LogP contribution in [0.5, 0.6) is 0 Å². The zero-order valence-electron chi connectivity index (χ0n) is 16.6. The van der Waals surface area contributed by atoms with Gasteiger partial charge in [-0.25, -0.2) is 9.37 Å². The SMILES string of the molecule is O=C(C[NH+]1CCN(C(=O)CCc2nc3ccccc3o2)CC1)Nc1cccc(F)c1. The number of aromatic nitrogens is 1. The van der Waals surface area contributed by atoms with E-state index in [1.165, 1.54) is 12.1 Å². The topological polar surface area (TPSA) is 79.9 Å². The van der Waals surface area contributed by atoms with Gasteiger partial charge in [-0.2, -0.15) is 0 Å². The number of amides is 2. The van der Waals surface area contributed by atoms with Gasteiger partial charge in [-0.15, -0.1) is 0 Å². The van der Waals surface area contributed by atoms with Gasteiger partial charge >= 0.3 is 0 Å². The van der Waals surface area contributed by atoms with E-state index in [0.717, 1.165) is 16.0 Å². The first-order valence-electron chi connectivity index (χ1n) is 10.1. The molecule has 156 valence electrons. The van der Waals surface area contributed by atoms with Gasteiger partial charge in [0.15, 0.2) is 18.0 Å². The van der Waals surface area contributed by atoms with Gasteiger partial charge in [0.2, 0.25) is 5.91 Å². The minimum atomic E-state index is -0.384. The summed E-state index contributed by atoms with van der Waals surface area (Å²) in [6, 6.07) is 13.4. The summed E-state index contributed by atoms with van der Waals surface area (Å²) in [6.07, 6.45) is 0.818. The van der Waals surface area contributed by atoms with E-state index in [-0.39, 0.29) is 17.6 Å². The van der Waals surface area contributed by atoms with Gasteiger partial charge in [0.1, 0.15) is 11.3 Å². The minimum Gasteiger partial charge on any atom is -0.441 e. The molecule has 0 spiro atoms. The maximum Gasteiger partial charge on any atom is 0.279 e. The second-order valence-electron chi connectivity index (χ2n) is 7.44. The summed E-state index contributed by atoms with van der Waals surface area (Å²) in [5.74, 6) is 0.0970. The van der Waals surface area contributed by atoms with Gasteiger partial charge in [0.25, 0.3) is 5.91 Å². The van der Waals surface area contributed by atoms with Crippen molar-refractivity contribution in [2.24, 2.45) is 0 Å². The van der Waals surface area contributed by atoms with Crippen molar-refractivity contribution in [1.29, 1.82) is 0 Å². The number of hydrogen-bond donors (Lipinski definition) is 2. The molecule has 1 aromatic heterocycles. The van der Waals surface area contributed by atoms with Crippen LogP contribution >= 0.6 is 0 Å². The van der Waals surface area contributed by atoms with E-state index in [9.17, 15) is 14.0 Å². The van der Waals surface area contributed by atoms with E-state index in [2.05, 4.69) is 10.3 Å². The lowest BCUT2D eigenvalue weighted by Gasteiger charge is -2.31. The molecule has 2 heterocycles. The molecule has 0 aliphatic carbocycles. The van der Waals surface area contributed by atoms with Gasteiger partial charge in [0.05, 0.1) is 26.2 Å². The molecule has 2 amide bonds. The van der Waals surface area contributed by atoms with Gasteiger partial charge in [-0.3, -0.25) is 9.59 Å². The summed E-state index contributed by atoms with van der Waals surface area (Å²) in [6.45, 7) is 2.90. The van der Waals surface area contributed by atoms with E-state index in [4.69, 9.17) is 4.42 Å². The van der Waals surface area contributed by atoms with Gasteiger partial charge in [-0.05, 0) is 30.3 Å². The Kier molecular flexibility index (Phi) is 6.04. The van der Waals surface area contributed by atoms with Crippen molar-refractivity contribution in [2.75, 3.05) is 38.0 Å². The van der Waals surface area contributed by atoms with Crippen LogP contribution in [0.1, 0.15) is 12.3 Å². The number of quaternary nitrogens is 1. The molecule has 0 unspecified atom stereocenters. The molecule has 30 heavy (non-hydrogen) atoms. The molecule has 0 bridgehead atoms. The van der Waals surface area contributed by atoms with Crippen LogP contribution in [0.15, 0.2) is 52.9 Å². The number of oxazole rings is 1. The van der Waals surface area contributed by atoms with Crippen molar-refractivity contribution in [3.63, 3.8) is 0 Å². The molecule has 3 aromatic rings. The zero-order chi connectivity index (χ0) is 20.9. The maximum absolute atomic E-state index is 13.2. The molecule has 1 aliphatic heterocycles. The Balaban J connectivity index is 1.20. The number of piperazine rings is 1. The number of hydrogen-bond acceptors (Lipinski definition) is 4. The largest absolute Gasteiger partial charge is 0.441 e. The van der Waals surface area contributed by atoms with Crippen molar-refractivity contribution in [1.82, 2.24) is 9.88 Å². The summed E-state index contributed by atoms with van der Waals surface area (Å²) < 4.78 is 18.9. The molecule has 4 rings (SSSR count). The Hall–Kier alpha value is -3.26. The van der Waals surface area contributed by atoms with Crippen molar-refractivity contribution >= 4 is 28.6 Å². The van der Waals surface area contributed by atoms with Crippen molar-refractivity contribution < 1.29 is 23.3 Å². The van der Waals surface area contributed by atoms with E-state index in [1.807, 2.05) is 29.2 Å². The van der Waals surface area contributed by atoms with Gasteiger partial charge < -0.3 is 19.5 Å². The number of carbonyl (C=O) groups is 2. The number of nitrogens with zero attached hydrogens (tertiary/aromatic N) is 2. The van der Waals surface area contributed by atoms with E-state index in [1.54, 1.807) is 12.1 Å². The Morgan fingerprint density at radius 3 is 2.70 bits per heavy atom. The van der Waals surface area contributed by atoms with Gasteiger partial charge in [0, 0.05) is 18.5 Å². The fourth-order valence-corrected chi connectivity index (χ4v) is 3.65. The van der Waals surface area contributed by atoms with E-state index in [0.29, 0.717) is 57.1 Å². The highest BCUT2D eigenvalue weighted by Crippen LogP contribution is 2.16. The number of para-hydroxylation sites is 2. The second-order valence-corrected chi connectivity index (χ2v) is 7.44. The fraction of sp³-hybridized carbons (Fsp3) is 0.318. The summed E-state index contributed by atoms with van der Waals surface area (Å²) in [7, 11) is 0. The predicted octanol–water partition coefficient (Wildman–Crippen LogP) is 1.27. The van der Waals surface area contributed by atoms with Crippen LogP contribution in [0.2, 0.25) is 0 Å². The van der Waals surface area contributed by atoms with Crippen LogP contribution in [-0.4, -0.2) is 54.4 Å². The molecule has 8 heteroatoms. The lowest BCUT2D eigenvalue weighted by molar-refractivity contribution is -0.895. The number of fused-ring (bicyclic) bond motifs is 1. The number of nitrogens with one attached hydrogen (secondary N) is 2. The summed E-state index contributed by atoms with van der Waals surface area (Å²) in [5.41, 5.74) is 1.98. The molecule has 1 saturated heterocycles. The van der Waals surface area contributed by atoms with E-state index < -0.39 is 0 Å². The predicted molar refractivity (Wildman–Crippen MR) is 110 cm³/mol. The number of carbonyl (C=O) groups excluding carboxylic acids is 2. The number of anilines is 1. The molecule has 7 nitrogen and oxygen atoms in total. The average molecular weight is 411 g/mol. The quantitative estimate of drug-likeness (QED) is 0.640. The average Bonchev–Trinajstić information content (AvgIpc) is 3.15. The van der Waals surface area contributed by atoms with Crippen molar-refractivity contribution in [3.05, 3.63) is 60.2 Å². The molecule has 2 aromatic carbocycles. The Bertz CT molecular complexity index is 1010. The third-order valence-electron chi connectivity index (χ3n) is 5.23. The Morgan fingerprint density at radius 1 is 1.13 bits per heavy atom. The van der Waals surface area contributed by atoms with Crippen molar-refractivity contribution in [2.45, 2.75) is 12.8 Å². The smallest absolute Gasteiger partial charge is 0.279 e. The molecule has 1 aliphatic rings. The molecular weight excluding hydrogens is 387 g/mol. The first-order valence-corrected chi connectivity index (χ1v) is 10.1. The first kappa shape index (κ1) is 20.0. The third-order valence-corrected chi connectivity index (χ3v) is 5.23. The fourth-order valence-electron chi connectivity index (χ4n) is 3.65. The molecule has 0 radical (unpaired) electrons. The molecule has 1 fully saturated rings. The standard InChI is InChI=1S/C22H23FN4O3/c23-16-4-3-5-17(14-16)24-20(28)15-26-10-12-27(13-11-26)22(29)9-8-21-25-18-6-1-2-7-19(18)30-21/h1-7,14H,8-13,15H2,(H,24,28)/p+1. The first-order chi connectivity index (χ1) is 14.6. The van der Waals surface area contributed by atoms with Crippen LogP contribution in [0.3, 0.4) is 0 Å². The highest BCUT2D eigenvalue weighted by atomic mass is 19.1. The zero-order valence-corrected chi connectivity index (χ0v) is 16.6. The highest BCUT2D eigenvalue weighted by molar-refractivity contribution is 5.91. The second kappa shape index (κ2) is 9.04. The third kappa shape index (κ3) is 5.01. The van der Waals surface area contributed by atoms with Gasteiger partial charge in [-0.1, -0.05) is 18.2 Å². The Labute approximate surface area is 173 Å². The van der Waals surface area contributed by atoms with Crippen LogP contribution < -0.4 is 10.2 Å². The monoisotopic (exact) mass is 411 g/mol. The lowest BCUT2D eigenvalue weighted by atomic mass is 10.2. The van der Waals surface area contributed by atoms with E-state index >= 15 is 0 Å². The Morgan fingerprint density at radius 2 is 1.93 bits per heavy atom. The molecule has 0 saturated carbocycles. The van der Waals surface area contributed by atoms with Crippen LogP contribution in [0.25, 0.3) is 11.1 Å². The number of benzene rings is 2. The summed E-state index contributed by atoms with van der Waals surface area (Å²) in [5, 5.41) is 2.72. The summed E-state index contributed by atoms with van der Waals surface area (Å²) >= 11 is 0. The van der Waals surface area contributed by atoms with Crippen LogP contribution in [-0.2, 0) is 16.0 Å². The summed E-state index contributed by atoms with van der Waals surface area (Å²) in [4.78, 5) is 32.0. The van der Waals surface area contributed by atoms with Crippen molar-refractivity contribution in [3.8, 4) is 0 Å². The highest BCUT2D eigenvalue weighted by Gasteiger charge is 2.25. The number of rotatable bonds is 6. The lowest BCUT2D eigenvalue weighted by Crippen LogP contribution is -3.15. The molecular formula is C22H24FN4O3+. The number of aryl methyl sites for hydroxylation is 1. The minimum absolute atomic E-state index is 0.0699. The maximum atomic E-state index is 13.2. The molecule has 2 N–H and O–H groups in total.